The molecule has 5 heteroatoms. The van der Waals surface area contributed by atoms with Crippen molar-refractivity contribution in [2.45, 2.75) is 13.3 Å². The first-order chi connectivity index (χ1) is 6.49. The monoisotopic (exact) mass is 202 g/mol. The van der Waals surface area contributed by atoms with E-state index in [9.17, 15) is 9.59 Å². The molecule has 0 rings (SSSR count). The minimum atomic E-state index is -1.38. The highest BCUT2D eigenvalue weighted by Gasteiger charge is 2.18. The van der Waals surface area contributed by atoms with E-state index >= 15 is 0 Å². The molecular weight excluding hydrogens is 184 g/mol. The Morgan fingerprint density at radius 2 is 1.79 bits per heavy atom. The first-order valence-electron chi connectivity index (χ1n) is 4.66. The molecule has 0 aromatic carbocycles. The third-order valence-corrected chi connectivity index (χ3v) is 1.89. The number of amides is 1. The number of carboxylic acid groups (broad SMARTS) is 1. The fourth-order valence-corrected chi connectivity index (χ4v) is 1.12. The Morgan fingerprint density at radius 3 is 2.14 bits per heavy atom. The Hall–Kier alpha value is -1.10. The normalized spacial score (nSPS) is 10.3. The van der Waals surface area contributed by atoms with Gasteiger partial charge in [0.1, 0.15) is 0 Å². The Morgan fingerprint density at radius 1 is 1.21 bits per heavy atom. The Bertz CT molecular complexity index is 204. The van der Waals surface area contributed by atoms with Crippen LogP contribution in [0.4, 0.5) is 0 Å². The summed E-state index contributed by atoms with van der Waals surface area (Å²) in [5, 5.41) is 8.49. The van der Waals surface area contributed by atoms with Gasteiger partial charge in [-0.25, -0.2) is 4.79 Å². The molecule has 1 amide bonds. The zero-order chi connectivity index (χ0) is 11.1. The minimum absolute atomic E-state index is 0.443. The number of likely N-dealkylation sites (N-methyl/N-ethyl adjacent to an activating group) is 1. The summed E-state index contributed by atoms with van der Waals surface area (Å²) in [6.45, 7) is 3.57. The predicted molar refractivity (Wildman–Crippen MR) is 53.1 cm³/mol. The molecule has 0 aliphatic rings. The van der Waals surface area contributed by atoms with E-state index in [2.05, 4.69) is 0 Å². The molecule has 0 saturated carbocycles. The van der Waals surface area contributed by atoms with Crippen molar-refractivity contribution >= 4 is 11.9 Å². The number of aliphatic carboxylic acids is 1. The highest BCUT2D eigenvalue weighted by Crippen LogP contribution is 1.94. The third kappa shape index (κ3) is 4.81. The van der Waals surface area contributed by atoms with Gasteiger partial charge < -0.3 is 14.9 Å². The lowest BCUT2D eigenvalue weighted by atomic mass is 10.3. The van der Waals surface area contributed by atoms with Crippen molar-refractivity contribution < 1.29 is 14.7 Å². The van der Waals surface area contributed by atoms with Gasteiger partial charge in [-0.1, -0.05) is 0 Å². The Balaban J connectivity index is 3.91. The molecule has 5 nitrogen and oxygen atoms in total. The second-order valence-corrected chi connectivity index (χ2v) is 3.35. The lowest BCUT2D eigenvalue weighted by molar-refractivity contribution is -0.155. The van der Waals surface area contributed by atoms with Crippen molar-refractivity contribution in [3.8, 4) is 0 Å². The molecule has 0 saturated heterocycles. The topological polar surface area (TPSA) is 60.9 Å². The highest BCUT2D eigenvalue weighted by molar-refractivity contribution is 6.31. The van der Waals surface area contributed by atoms with Crippen molar-refractivity contribution in [3.63, 3.8) is 0 Å². The molecule has 0 aliphatic heterocycles. The largest absolute Gasteiger partial charge is 0.474 e. The van der Waals surface area contributed by atoms with E-state index in [0.717, 1.165) is 13.0 Å². The lowest BCUT2D eigenvalue weighted by Gasteiger charge is -2.19. The first kappa shape index (κ1) is 12.9. The molecule has 0 spiro atoms. The summed E-state index contributed by atoms with van der Waals surface area (Å²) in [4.78, 5) is 24.8. The van der Waals surface area contributed by atoms with E-state index in [4.69, 9.17) is 5.11 Å². The average molecular weight is 202 g/mol. The number of carbonyl (C=O) groups excluding carboxylic acids is 1. The number of nitrogens with zero attached hydrogens (tertiary/aromatic N) is 2. The fraction of sp³-hybridized carbons (Fsp3) is 0.778. The van der Waals surface area contributed by atoms with Crippen LogP contribution in [-0.2, 0) is 9.59 Å². The predicted octanol–water partition coefficient (Wildman–Crippen LogP) is -0.129. The van der Waals surface area contributed by atoms with E-state index in [1.807, 2.05) is 19.0 Å². The van der Waals surface area contributed by atoms with Gasteiger partial charge in [0.15, 0.2) is 0 Å². The molecule has 0 unspecified atom stereocenters. The summed E-state index contributed by atoms with van der Waals surface area (Å²) in [6.07, 6.45) is 0.792. The van der Waals surface area contributed by atoms with Crippen molar-refractivity contribution in [3.05, 3.63) is 0 Å². The Labute approximate surface area is 84.3 Å². The molecule has 1 N–H and O–H groups in total. The maximum Gasteiger partial charge on any atom is 0.394 e. The van der Waals surface area contributed by atoms with Crippen LogP contribution in [-0.4, -0.2) is 60.5 Å². The second kappa shape index (κ2) is 6.37. The summed E-state index contributed by atoms with van der Waals surface area (Å²) in [6, 6.07) is 0. The first-order valence-corrected chi connectivity index (χ1v) is 4.66. The van der Waals surface area contributed by atoms with Gasteiger partial charge in [-0.15, -0.1) is 0 Å². The van der Waals surface area contributed by atoms with Gasteiger partial charge in [-0.05, 0) is 34.0 Å². The smallest absolute Gasteiger partial charge is 0.394 e. The molecule has 0 fully saturated rings. The van der Waals surface area contributed by atoms with Crippen molar-refractivity contribution in [1.82, 2.24) is 9.80 Å². The molecule has 0 aromatic heterocycles. The summed E-state index contributed by atoms with van der Waals surface area (Å²) in [5.41, 5.74) is 0. The summed E-state index contributed by atoms with van der Waals surface area (Å²) >= 11 is 0. The molecule has 0 aromatic rings. The molecule has 14 heavy (non-hydrogen) atoms. The van der Waals surface area contributed by atoms with Crippen molar-refractivity contribution in [2.75, 3.05) is 33.7 Å². The highest BCUT2D eigenvalue weighted by atomic mass is 16.4. The fourth-order valence-electron chi connectivity index (χ4n) is 1.12. The quantitative estimate of drug-likeness (QED) is 0.631. The van der Waals surface area contributed by atoms with Crippen LogP contribution in [0, 0.1) is 0 Å². The minimum Gasteiger partial charge on any atom is -0.474 e. The average Bonchev–Trinajstić information content (AvgIpc) is 2.10. The van der Waals surface area contributed by atoms with Gasteiger partial charge in [0.2, 0.25) is 0 Å². The molecule has 0 aliphatic carbocycles. The molecule has 82 valence electrons. The third-order valence-electron chi connectivity index (χ3n) is 1.89. The van der Waals surface area contributed by atoms with Crippen LogP contribution in [0.15, 0.2) is 0 Å². The van der Waals surface area contributed by atoms with Gasteiger partial charge in [-0.2, -0.15) is 0 Å². The summed E-state index contributed by atoms with van der Waals surface area (Å²) in [7, 11) is 3.88. The van der Waals surface area contributed by atoms with E-state index in [-0.39, 0.29) is 0 Å². The SMILES string of the molecule is CCN(CCCN(C)C)C(=O)C(=O)O. The van der Waals surface area contributed by atoms with E-state index in [1.54, 1.807) is 6.92 Å². The van der Waals surface area contributed by atoms with Crippen LogP contribution in [0.5, 0.6) is 0 Å². The molecule has 0 heterocycles. The van der Waals surface area contributed by atoms with Gasteiger partial charge >= 0.3 is 11.9 Å². The maximum absolute atomic E-state index is 11.1. The lowest BCUT2D eigenvalue weighted by Crippen LogP contribution is -2.37. The van der Waals surface area contributed by atoms with Gasteiger partial charge in [0.25, 0.3) is 0 Å². The molecule has 0 radical (unpaired) electrons. The van der Waals surface area contributed by atoms with Crippen LogP contribution >= 0.6 is 0 Å². The number of carboxylic acids is 1. The maximum atomic E-state index is 11.1. The zero-order valence-electron chi connectivity index (χ0n) is 8.99. The van der Waals surface area contributed by atoms with Crippen LogP contribution < -0.4 is 0 Å². The standard InChI is InChI=1S/C9H18N2O3/c1-4-11(8(12)9(13)14)7-5-6-10(2)3/h4-7H2,1-3H3,(H,13,14). The van der Waals surface area contributed by atoms with Crippen molar-refractivity contribution in [2.24, 2.45) is 0 Å². The molecule has 0 atom stereocenters. The van der Waals surface area contributed by atoms with Crippen molar-refractivity contribution in [1.29, 1.82) is 0 Å². The zero-order valence-corrected chi connectivity index (χ0v) is 8.99. The summed E-state index contributed by atoms with van der Waals surface area (Å²) in [5.74, 6) is -2.19. The Kier molecular flexibility index (Phi) is 5.87. The van der Waals surface area contributed by atoms with E-state index in [1.165, 1.54) is 4.90 Å². The summed E-state index contributed by atoms with van der Waals surface area (Å²) < 4.78 is 0. The van der Waals surface area contributed by atoms with E-state index < -0.39 is 11.9 Å². The van der Waals surface area contributed by atoms with Gasteiger partial charge in [0.05, 0.1) is 0 Å². The van der Waals surface area contributed by atoms with Crippen LogP contribution in [0.1, 0.15) is 13.3 Å². The van der Waals surface area contributed by atoms with E-state index in [0.29, 0.717) is 13.1 Å². The van der Waals surface area contributed by atoms with Crippen LogP contribution in [0.25, 0.3) is 0 Å². The molecular formula is C9H18N2O3. The number of carbonyl (C=O) groups is 2. The van der Waals surface area contributed by atoms with Gasteiger partial charge in [0, 0.05) is 13.1 Å². The second-order valence-electron chi connectivity index (χ2n) is 3.35. The van der Waals surface area contributed by atoms with Crippen LogP contribution in [0.2, 0.25) is 0 Å². The molecule has 0 bridgehead atoms. The number of hydrogen-bond acceptors (Lipinski definition) is 3. The van der Waals surface area contributed by atoms with Crippen LogP contribution in [0.3, 0.4) is 0 Å². The number of rotatable bonds is 5. The van der Waals surface area contributed by atoms with Gasteiger partial charge in [-0.3, -0.25) is 4.79 Å². The number of hydrogen-bond donors (Lipinski definition) is 1.